The minimum absolute atomic E-state index is 0. The Morgan fingerprint density at radius 3 is 2.21 bits per heavy atom. The van der Waals surface area contributed by atoms with E-state index in [-0.39, 0.29) is 24.9 Å². The first-order valence-electron chi connectivity index (χ1n) is 9.20. The van der Waals surface area contributed by atoms with E-state index in [9.17, 15) is 13.2 Å². The summed E-state index contributed by atoms with van der Waals surface area (Å²) in [5, 5.41) is 5.88. The first kappa shape index (κ1) is 22.2. The topological polar surface area (TPSA) is 78.5 Å². The van der Waals surface area contributed by atoms with E-state index in [2.05, 4.69) is 10.6 Å². The number of nitrogens with one attached hydrogen (secondary N) is 2. The van der Waals surface area contributed by atoms with Crippen molar-refractivity contribution in [3.63, 3.8) is 0 Å². The zero-order valence-corrected chi connectivity index (χ0v) is 17.3. The molecule has 0 radical (unpaired) electrons. The molecule has 1 saturated heterocycles. The molecule has 1 heterocycles. The molecule has 0 aliphatic carbocycles. The standard InChI is InChI=1S/C20H25N3O3S.ClH/c24-20(16-21-18-7-3-1-4-8-18)22-15-17-9-11-19(12-10-17)27(25,26)23-13-5-2-6-14-23;/h1,3-4,7-12,21H,2,5-6,13-16H2,(H,22,24);1H. The van der Waals surface area contributed by atoms with Gasteiger partial charge in [0.05, 0.1) is 11.4 Å². The predicted octanol–water partition coefficient (Wildman–Crippen LogP) is 3.01. The normalized spacial score (nSPS) is 14.7. The molecule has 1 aliphatic heterocycles. The van der Waals surface area contributed by atoms with Gasteiger partial charge >= 0.3 is 0 Å². The molecule has 0 unspecified atom stereocenters. The highest BCUT2D eigenvalue weighted by molar-refractivity contribution is 7.89. The summed E-state index contributed by atoms with van der Waals surface area (Å²) in [5.74, 6) is -0.121. The van der Waals surface area contributed by atoms with Crippen LogP contribution < -0.4 is 10.6 Å². The lowest BCUT2D eigenvalue weighted by molar-refractivity contribution is -0.119. The number of rotatable bonds is 7. The fourth-order valence-electron chi connectivity index (χ4n) is 3.04. The lowest BCUT2D eigenvalue weighted by atomic mass is 10.2. The van der Waals surface area contributed by atoms with Gasteiger partial charge in [0.1, 0.15) is 0 Å². The number of benzene rings is 2. The Kier molecular flexibility index (Phi) is 8.29. The van der Waals surface area contributed by atoms with E-state index < -0.39 is 10.0 Å². The minimum atomic E-state index is -3.41. The first-order valence-corrected chi connectivity index (χ1v) is 10.6. The maximum atomic E-state index is 12.6. The number of carbonyl (C=O) groups excluding carboxylic acids is 1. The molecule has 1 amide bonds. The van der Waals surface area contributed by atoms with Gasteiger partial charge in [0.15, 0.2) is 0 Å². The lowest BCUT2D eigenvalue weighted by Gasteiger charge is -2.25. The van der Waals surface area contributed by atoms with Gasteiger partial charge in [0, 0.05) is 25.3 Å². The molecule has 2 aromatic rings. The summed E-state index contributed by atoms with van der Waals surface area (Å²) in [6, 6.07) is 16.3. The second-order valence-electron chi connectivity index (χ2n) is 6.61. The quantitative estimate of drug-likeness (QED) is 0.717. The van der Waals surface area contributed by atoms with E-state index >= 15 is 0 Å². The van der Waals surface area contributed by atoms with Gasteiger partial charge in [-0.1, -0.05) is 36.8 Å². The molecular formula is C20H26ClN3O3S. The van der Waals surface area contributed by atoms with Gasteiger partial charge in [-0.2, -0.15) is 4.31 Å². The van der Waals surface area contributed by atoms with Crippen LogP contribution in [-0.2, 0) is 21.4 Å². The second-order valence-corrected chi connectivity index (χ2v) is 8.54. The Balaban J connectivity index is 0.00000280. The molecule has 152 valence electrons. The van der Waals surface area contributed by atoms with E-state index in [0.29, 0.717) is 24.5 Å². The van der Waals surface area contributed by atoms with Gasteiger partial charge in [0.25, 0.3) is 0 Å². The number of anilines is 1. The largest absolute Gasteiger partial charge is 0.376 e. The molecule has 2 N–H and O–H groups in total. The van der Waals surface area contributed by atoms with Crippen LogP contribution in [0.1, 0.15) is 24.8 Å². The number of amides is 1. The molecule has 0 saturated carbocycles. The number of carbonyl (C=O) groups is 1. The van der Waals surface area contributed by atoms with Crippen molar-refractivity contribution in [1.29, 1.82) is 0 Å². The van der Waals surface area contributed by atoms with Crippen LogP contribution in [0.2, 0.25) is 0 Å². The molecule has 8 heteroatoms. The summed E-state index contributed by atoms with van der Waals surface area (Å²) in [7, 11) is -3.41. The van der Waals surface area contributed by atoms with Gasteiger partial charge < -0.3 is 10.6 Å². The molecule has 0 spiro atoms. The summed E-state index contributed by atoms with van der Waals surface area (Å²) in [6.07, 6.45) is 2.92. The molecule has 6 nitrogen and oxygen atoms in total. The SMILES string of the molecule is Cl.O=C(CNc1ccccc1)NCc1ccc(S(=O)(=O)N2CCCCC2)cc1. The van der Waals surface area contributed by atoms with Crippen LogP contribution in [0.5, 0.6) is 0 Å². The van der Waals surface area contributed by atoms with Crippen molar-refractivity contribution >= 4 is 34.0 Å². The van der Waals surface area contributed by atoms with E-state index in [1.54, 1.807) is 28.6 Å². The summed E-state index contributed by atoms with van der Waals surface area (Å²) in [6.45, 7) is 1.73. The van der Waals surface area contributed by atoms with E-state index in [1.165, 1.54) is 0 Å². The van der Waals surface area contributed by atoms with Crippen LogP contribution in [-0.4, -0.2) is 38.3 Å². The second kappa shape index (κ2) is 10.5. The number of sulfonamides is 1. The van der Waals surface area contributed by atoms with Crippen LogP contribution in [0.15, 0.2) is 59.5 Å². The van der Waals surface area contributed by atoms with Crippen molar-refractivity contribution < 1.29 is 13.2 Å². The van der Waals surface area contributed by atoms with Crippen LogP contribution >= 0.6 is 12.4 Å². The zero-order chi connectivity index (χ0) is 19.1. The van der Waals surface area contributed by atoms with Crippen LogP contribution in [0, 0.1) is 0 Å². The maximum absolute atomic E-state index is 12.6. The van der Waals surface area contributed by atoms with Crippen molar-refractivity contribution in [2.45, 2.75) is 30.7 Å². The number of para-hydroxylation sites is 1. The monoisotopic (exact) mass is 423 g/mol. The van der Waals surface area contributed by atoms with Crippen LogP contribution in [0.3, 0.4) is 0 Å². The average molecular weight is 424 g/mol. The van der Waals surface area contributed by atoms with Gasteiger partial charge in [-0.05, 0) is 42.7 Å². The lowest BCUT2D eigenvalue weighted by Crippen LogP contribution is -2.35. The smallest absolute Gasteiger partial charge is 0.243 e. The Labute approximate surface area is 172 Å². The van der Waals surface area contributed by atoms with Gasteiger partial charge in [-0.15, -0.1) is 12.4 Å². The summed E-state index contributed by atoms with van der Waals surface area (Å²) >= 11 is 0. The predicted molar refractivity (Wildman–Crippen MR) is 113 cm³/mol. The van der Waals surface area contributed by atoms with Crippen molar-refractivity contribution in [1.82, 2.24) is 9.62 Å². The van der Waals surface area contributed by atoms with Crippen molar-refractivity contribution in [3.05, 3.63) is 60.2 Å². The Bertz CT molecular complexity index is 852. The van der Waals surface area contributed by atoms with Gasteiger partial charge in [-0.3, -0.25) is 4.79 Å². The highest BCUT2D eigenvalue weighted by Crippen LogP contribution is 2.20. The highest BCUT2D eigenvalue weighted by Gasteiger charge is 2.25. The molecular weight excluding hydrogens is 398 g/mol. The van der Waals surface area contributed by atoms with Gasteiger partial charge in [-0.25, -0.2) is 8.42 Å². The molecule has 3 rings (SSSR count). The summed E-state index contributed by atoms with van der Waals surface area (Å²) in [4.78, 5) is 12.3. The zero-order valence-electron chi connectivity index (χ0n) is 15.6. The molecule has 0 aromatic heterocycles. The number of halogens is 1. The molecule has 2 aromatic carbocycles. The van der Waals surface area contributed by atoms with E-state index in [4.69, 9.17) is 0 Å². The van der Waals surface area contributed by atoms with E-state index in [0.717, 1.165) is 30.5 Å². The molecule has 0 atom stereocenters. The third-order valence-electron chi connectivity index (χ3n) is 4.59. The fraction of sp³-hybridized carbons (Fsp3) is 0.350. The minimum Gasteiger partial charge on any atom is -0.376 e. The third-order valence-corrected chi connectivity index (χ3v) is 6.51. The van der Waals surface area contributed by atoms with Crippen molar-refractivity contribution in [2.75, 3.05) is 25.0 Å². The Hall–Kier alpha value is -2.09. The third kappa shape index (κ3) is 5.95. The average Bonchev–Trinajstić information content (AvgIpc) is 2.72. The van der Waals surface area contributed by atoms with Crippen LogP contribution in [0.4, 0.5) is 5.69 Å². The maximum Gasteiger partial charge on any atom is 0.243 e. The Morgan fingerprint density at radius 1 is 0.929 bits per heavy atom. The highest BCUT2D eigenvalue weighted by atomic mass is 35.5. The van der Waals surface area contributed by atoms with Crippen molar-refractivity contribution in [3.8, 4) is 0 Å². The number of nitrogens with zero attached hydrogens (tertiary/aromatic N) is 1. The molecule has 0 bridgehead atoms. The number of piperidine rings is 1. The summed E-state index contributed by atoms with van der Waals surface area (Å²) in [5.41, 5.74) is 1.75. The number of hydrogen-bond donors (Lipinski definition) is 2. The molecule has 1 fully saturated rings. The van der Waals surface area contributed by atoms with E-state index in [1.807, 2.05) is 30.3 Å². The first-order chi connectivity index (χ1) is 13.1. The summed E-state index contributed by atoms with van der Waals surface area (Å²) < 4.78 is 26.8. The van der Waals surface area contributed by atoms with Gasteiger partial charge in [0.2, 0.25) is 15.9 Å². The fourth-order valence-corrected chi connectivity index (χ4v) is 4.55. The number of hydrogen-bond acceptors (Lipinski definition) is 4. The van der Waals surface area contributed by atoms with Crippen LogP contribution in [0.25, 0.3) is 0 Å². The molecule has 28 heavy (non-hydrogen) atoms. The molecule has 1 aliphatic rings. The Morgan fingerprint density at radius 2 is 1.57 bits per heavy atom. The van der Waals surface area contributed by atoms with Crippen molar-refractivity contribution in [2.24, 2.45) is 0 Å².